The smallest absolute Gasteiger partial charge is 0.150 e. The van der Waals surface area contributed by atoms with Crippen molar-refractivity contribution >= 4 is 6.29 Å². The summed E-state index contributed by atoms with van der Waals surface area (Å²) < 4.78 is 0. The maximum absolute atomic E-state index is 11.2. The van der Waals surface area contributed by atoms with Crippen LogP contribution >= 0.6 is 0 Å². The van der Waals surface area contributed by atoms with Crippen molar-refractivity contribution in [2.75, 3.05) is 0 Å². The van der Waals surface area contributed by atoms with Gasteiger partial charge in [-0.2, -0.15) is 0 Å². The molecule has 92 valence electrons. The second-order valence-corrected chi connectivity index (χ2v) is 5.88. The fourth-order valence-electron chi connectivity index (χ4n) is 3.15. The summed E-state index contributed by atoms with van der Waals surface area (Å²) in [5, 5.41) is 0. The van der Waals surface area contributed by atoms with Gasteiger partial charge in [-0.1, -0.05) is 20.3 Å². The molecule has 0 amide bonds. The van der Waals surface area contributed by atoms with Crippen molar-refractivity contribution < 1.29 is 4.79 Å². The fraction of sp³-hybridized carbons (Fsp3) is 0.562. The predicted molar refractivity (Wildman–Crippen MR) is 71.8 cm³/mol. The molecule has 0 fully saturated rings. The van der Waals surface area contributed by atoms with Gasteiger partial charge in [0.15, 0.2) is 6.29 Å². The Morgan fingerprint density at radius 3 is 2.06 bits per heavy atom. The number of fused-ring (bicyclic) bond motifs is 1. The molecule has 1 aromatic carbocycles. The Balaban J connectivity index is 2.66. The van der Waals surface area contributed by atoms with Crippen LogP contribution in [0.5, 0.6) is 0 Å². The molecule has 0 saturated heterocycles. The van der Waals surface area contributed by atoms with Crippen LogP contribution in [0.4, 0.5) is 0 Å². The molecule has 1 unspecified atom stereocenters. The van der Waals surface area contributed by atoms with E-state index in [-0.39, 0.29) is 0 Å². The maximum atomic E-state index is 11.2. The highest BCUT2D eigenvalue weighted by Gasteiger charge is 2.34. The monoisotopic (exact) mass is 230 g/mol. The van der Waals surface area contributed by atoms with E-state index in [4.69, 9.17) is 0 Å². The standard InChI is InChI=1S/C16H22O/c1-6-16(5)7-13-10(2)11(3)15(9-17)12(4)14(13)8-16/h9H,6-8H2,1-5H3. The van der Waals surface area contributed by atoms with Crippen LogP contribution in [-0.4, -0.2) is 6.29 Å². The number of hydrogen-bond acceptors (Lipinski definition) is 1. The van der Waals surface area contributed by atoms with Crippen LogP contribution in [0.15, 0.2) is 0 Å². The molecule has 1 aromatic rings. The first-order valence-electron chi connectivity index (χ1n) is 6.50. The summed E-state index contributed by atoms with van der Waals surface area (Å²) in [6, 6.07) is 0. The van der Waals surface area contributed by atoms with Crippen LogP contribution < -0.4 is 0 Å². The molecular weight excluding hydrogens is 208 g/mol. The molecule has 1 aliphatic rings. The highest BCUT2D eigenvalue weighted by molar-refractivity contribution is 5.82. The largest absolute Gasteiger partial charge is 0.298 e. The van der Waals surface area contributed by atoms with Crippen molar-refractivity contribution in [2.24, 2.45) is 5.41 Å². The highest BCUT2D eigenvalue weighted by atomic mass is 16.1. The van der Waals surface area contributed by atoms with E-state index in [0.29, 0.717) is 5.41 Å². The Morgan fingerprint density at radius 2 is 1.59 bits per heavy atom. The Labute approximate surface area is 104 Å². The van der Waals surface area contributed by atoms with Gasteiger partial charge in [0, 0.05) is 5.56 Å². The third kappa shape index (κ3) is 1.72. The minimum Gasteiger partial charge on any atom is -0.298 e. The number of aldehydes is 1. The molecule has 0 N–H and O–H groups in total. The summed E-state index contributed by atoms with van der Waals surface area (Å²) in [6.45, 7) is 11.0. The van der Waals surface area contributed by atoms with Gasteiger partial charge in [0.05, 0.1) is 0 Å². The van der Waals surface area contributed by atoms with E-state index in [1.807, 2.05) is 0 Å². The lowest BCUT2D eigenvalue weighted by molar-refractivity contribution is 0.112. The van der Waals surface area contributed by atoms with Gasteiger partial charge >= 0.3 is 0 Å². The Bertz CT molecular complexity index is 485. The third-order valence-corrected chi connectivity index (χ3v) is 4.82. The number of carbonyl (C=O) groups is 1. The second-order valence-electron chi connectivity index (χ2n) is 5.88. The van der Waals surface area contributed by atoms with E-state index < -0.39 is 0 Å². The van der Waals surface area contributed by atoms with Gasteiger partial charge < -0.3 is 0 Å². The topological polar surface area (TPSA) is 17.1 Å². The van der Waals surface area contributed by atoms with Crippen LogP contribution in [-0.2, 0) is 12.8 Å². The molecule has 17 heavy (non-hydrogen) atoms. The molecule has 1 nitrogen and oxygen atoms in total. The summed E-state index contributed by atoms with van der Waals surface area (Å²) in [5.74, 6) is 0. The molecule has 0 radical (unpaired) electrons. The maximum Gasteiger partial charge on any atom is 0.150 e. The van der Waals surface area contributed by atoms with Gasteiger partial charge in [-0.15, -0.1) is 0 Å². The molecule has 1 heteroatoms. The minimum atomic E-state index is 0.395. The molecule has 1 atom stereocenters. The van der Waals surface area contributed by atoms with E-state index in [1.165, 1.54) is 40.7 Å². The first-order valence-corrected chi connectivity index (χ1v) is 6.50. The van der Waals surface area contributed by atoms with Crippen LogP contribution in [0.25, 0.3) is 0 Å². The Hall–Kier alpha value is -1.11. The number of hydrogen-bond donors (Lipinski definition) is 0. The zero-order valence-electron chi connectivity index (χ0n) is 11.6. The summed E-state index contributed by atoms with van der Waals surface area (Å²) in [5.41, 5.74) is 8.00. The first-order chi connectivity index (χ1) is 7.93. The third-order valence-electron chi connectivity index (χ3n) is 4.82. The molecule has 1 aliphatic carbocycles. The summed E-state index contributed by atoms with van der Waals surface area (Å²) in [6.07, 6.45) is 4.54. The zero-order valence-corrected chi connectivity index (χ0v) is 11.6. The van der Waals surface area contributed by atoms with Gasteiger partial charge in [-0.25, -0.2) is 0 Å². The lowest BCUT2D eigenvalue weighted by Gasteiger charge is -2.20. The van der Waals surface area contributed by atoms with Crippen molar-refractivity contribution in [1.82, 2.24) is 0 Å². The predicted octanol–water partition coefficient (Wildman–Crippen LogP) is 3.94. The molecule has 0 spiro atoms. The van der Waals surface area contributed by atoms with E-state index >= 15 is 0 Å². The molecule has 2 rings (SSSR count). The average molecular weight is 230 g/mol. The number of rotatable bonds is 2. The van der Waals surface area contributed by atoms with Crippen molar-refractivity contribution in [1.29, 1.82) is 0 Å². The summed E-state index contributed by atoms with van der Waals surface area (Å²) in [4.78, 5) is 11.2. The number of benzene rings is 1. The zero-order chi connectivity index (χ0) is 12.8. The van der Waals surface area contributed by atoms with Crippen molar-refractivity contribution in [2.45, 2.75) is 53.9 Å². The van der Waals surface area contributed by atoms with Crippen LogP contribution in [0.2, 0.25) is 0 Å². The average Bonchev–Trinajstić information content (AvgIpc) is 2.67. The SMILES string of the molecule is CCC1(C)Cc2c(C)c(C)c(C=O)c(C)c2C1. The van der Waals surface area contributed by atoms with E-state index in [0.717, 1.165) is 18.3 Å². The van der Waals surface area contributed by atoms with Crippen molar-refractivity contribution in [3.05, 3.63) is 33.4 Å². The minimum absolute atomic E-state index is 0.395. The van der Waals surface area contributed by atoms with Gasteiger partial charge in [0.25, 0.3) is 0 Å². The summed E-state index contributed by atoms with van der Waals surface area (Å²) in [7, 11) is 0. The lowest BCUT2D eigenvalue weighted by atomic mass is 9.84. The highest BCUT2D eigenvalue weighted by Crippen LogP contribution is 2.43. The van der Waals surface area contributed by atoms with Crippen molar-refractivity contribution in [3.8, 4) is 0 Å². The molecule has 0 bridgehead atoms. The molecule has 0 aromatic heterocycles. The van der Waals surface area contributed by atoms with Gasteiger partial charge in [0.2, 0.25) is 0 Å². The quantitative estimate of drug-likeness (QED) is 0.703. The van der Waals surface area contributed by atoms with Crippen LogP contribution in [0, 0.1) is 26.2 Å². The molecule has 0 heterocycles. The molecule has 0 aliphatic heterocycles. The van der Waals surface area contributed by atoms with Crippen molar-refractivity contribution in [3.63, 3.8) is 0 Å². The first kappa shape index (κ1) is 12.3. The molecular formula is C16H22O. The Morgan fingerprint density at radius 1 is 1.06 bits per heavy atom. The normalized spacial score (nSPS) is 22.6. The van der Waals surface area contributed by atoms with E-state index in [2.05, 4.69) is 34.6 Å². The van der Waals surface area contributed by atoms with Gasteiger partial charge in [-0.3, -0.25) is 4.79 Å². The summed E-state index contributed by atoms with van der Waals surface area (Å²) >= 11 is 0. The Kier molecular flexibility index (Phi) is 2.89. The number of carbonyl (C=O) groups excluding carboxylic acids is 1. The van der Waals surface area contributed by atoms with E-state index in [1.54, 1.807) is 0 Å². The molecule has 0 saturated carbocycles. The fourth-order valence-corrected chi connectivity index (χ4v) is 3.15. The van der Waals surface area contributed by atoms with Gasteiger partial charge in [0.1, 0.15) is 0 Å². The van der Waals surface area contributed by atoms with E-state index in [9.17, 15) is 4.79 Å². The second kappa shape index (κ2) is 3.97. The lowest BCUT2D eigenvalue weighted by Crippen LogP contribution is -2.14. The van der Waals surface area contributed by atoms with Crippen LogP contribution in [0.3, 0.4) is 0 Å². The van der Waals surface area contributed by atoms with Crippen LogP contribution in [0.1, 0.15) is 58.4 Å². The van der Waals surface area contributed by atoms with Gasteiger partial charge in [-0.05, 0) is 66.8 Å².